The number of hydrogen-bond donors (Lipinski definition) is 1. The molecule has 1 saturated heterocycles. The number of methoxy groups -OCH3 is 1. The van der Waals surface area contributed by atoms with Crippen LogP contribution in [0.15, 0.2) is 12.1 Å². The molecule has 104 valence electrons. The summed E-state index contributed by atoms with van der Waals surface area (Å²) in [6.07, 6.45) is 0.594. The summed E-state index contributed by atoms with van der Waals surface area (Å²) in [5.74, 6) is 0.547. The van der Waals surface area contributed by atoms with Crippen LogP contribution >= 0.6 is 11.6 Å². The third kappa shape index (κ3) is 3.19. The van der Waals surface area contributed by atoms with Gasteiger partial charge in [0, 0.05) is 18.0 Å². The van der Waals surface area contributed by atoms with Gasteiger partial charge >= 0.3 is 5.97 Å². The molecule has 0 unspecified atom stereocenters. The topological polar surface area (TPSA) is 47.6 Å². The number of carbonyl (C=O) groups is 1. The van der Waals surface area contributed by atoms with Gasteiger partial charge < -0.3 is 14.8 Å². The molecule has 19 heavy (non-hydrogen) atoms. The summed E-state index contributed by atoms with van der Waals surface area (Å²) in [5, 5.41) is 3.86. The third-order valence-electron chi connectivity index (χ3n) is 3.29. The molecule has 0 saturated carbocycles. The lowest BCUT2D eigenvalue weighted by molar-refractivity contribution is -0.142. The van der Waals surface area contributed by atoms with E-state index in [0.717, 1.165) is 21.9 Å². The molecule has 5 heteroatoms. The molecule has 0 radical (unpaired) electrons. The van der Waals surface area contributed by atoms with E-state index in [2.05, 4.69) is 5.32 Å². The van der Waals surface area contributed by atoms with E-state index in [1.165, 1.54) is 7.11 Å². The van der Waals surface area contributed by atoms with Crippen LogP contribution in [0.5, 0.6) is 5.75 Å². The Morgan fingerprint density at radius 1 is 1.37 bits per heavy atom. The van der Waals surface area contributed by atoms with Crippen molar-refractivity contribution in [1.82, 2.24) is 5.32 Å². The standard InChI is InChI=1S/C14H18ClNO3/c1-8-4-10(5-9(2)13(8)15)19-11-6-12(16-7-11)14(17)18-3/h4-5,11-12,16H,6-7H2,1-3H3/t11-,12+/m1/s1. The van der Waals surface area contributed by atoms with Crippen molar-refractivity contribution in [3.63, 3.8) is 0 Å². The molecule has 0 amide bonds. The van der Waals surface area contributed by atoms with Crippen molar-refractivity contribution < 1.29 is 14.3 Å². The zero-order valence-corrected chi connectivity index (χ0v) is 12.1. The maximum atomic E-state index is 11.4. The SMILES string of the molecule is COC(=O)[C@@H]1C[C@@H](Oc2cc(C)c(Cl)c(C)c2)CN1. The van der Waals surface area contributed by atoms with E-state index in [1.807, 2.05) is 26.0 Å². The van der Waals surface area contributed by atoms with Crippen molar-refractivity contribution in [3.05, 3.63) is 28.3 Å². The van der Waals surface area contributed by atoms with Gasteiger partial charge in [0.05, 0.1) is 7.11 Å². The highest BCUT2D eigenvalue weighted by Gasteiger charge is 2.31. The van der Waals surface area contributed by atoms with Crippen molar-refractivity contribution in [2.75, 3.05) is 13.7 Å². The minimum atomic E-state index is -0.274. The number of nitrogens with one attached hydrogen (secondary N) is 1. The number of ether oxygens (including phenoxy) is 2. The highest BCUT2D eigenvalue weighted by Crippen LogP contribution is 2.27. The van der Waals surface area contributed by atoms with E-state index < -0.39 is 0 Å². The Labute approximate surface area is 118 Å². The number of esters is 1. The maximum absolute atomic E-state index is 11.4. The van der Waals surface area contributed by atoms with Crippen LogP contribution in [0.1, 0.15) is 17.5 Å². The van der Waals surface area contributed by atoms with Crippen LogP contribution in [-0.2, 0) is 9.53 Å². The Bertz CT molecular complexity index is 467. The van der Waals surface area contributed by atoms with Gasteiger partial charge in [0.25, 0.3) is 0 Å². The molecule has 0 aliphatic carbocycles. The number of aryl methyl sites for hydroxylation is 2. The quantitative estimate of drug-likeness (QED) is 0.865. The van der Waals surface area contributed by atoms with Crippen LogP contribution in [0.25, 0.3) is 0 Å². The Hall–Kier alpha value is -1.26. The van der Waals surface area contributed by atoms with Gasteiger partial charge in [-0.1, -0.05) is 11.6 Å². The first-order valence-electron chi connectivity index (χ1n) is 6.26. The van der Waals surface area contributed by atoms with Gasteiger partial charge in [0.1, 0.15) is 17.9 Å². The fourth-order valence-corrected chi connectivity index (χ4v) is 2.39. The molecule has 1 N–H and O–H groups in total. The lowest BCUT2D eigenvalue weighted by atomic mass is 10.1. The van der Waals surface area contributed by atoms with Gasteiger partial charge in [0.15, 0.2) is 0 Å². The summed E-state index contributed by atoms with van der Waals surface area (Å²) in [4.78, 5) is 11.4. The third-order valence-corrected chi connectivity index (χ3v) is 3.89. The van der Waals surface area contributed by atoms with E-state index >= 15 is 0 Å². The van der Waals surface area contributed by atoms with E-state index in [0.29, 0.717) is 13.0 Å². The zero-order valence-electron chi connectivity index (χ0n) is 11.3. The highest BCUT2D eigenvalue weighted by molar-refractivity contribution is 6.32. The van der Waals surface area contributed by atoms with Crippen molar-refractivity contribution in [3.8, 4) is 5.75 Å². The average molecular weight is 284 g/mol. The Morgan fingerprint density at radius 2 is 2.00 bits per heavy atom. The maximum Gasteiger partial charge on any atom is 0.323 e. The number of rotatable bonds is 3. The fraction of sp³-hybridized carbons (Fsp3) is 0.500. The molecule has 1 aromatic rings. The summed E-state index contributed by atoms with van der Waals surface area (Å²) in [7, 11) is 1.39. The number of benzene rings is 1. The fourth-order valence-electron chi connectivity index (χ4n) is 2.28. The summed E-state index contributed by atoms with van der Waals surface area (Å²) in [6.45, 7) is 4.54. The Morgan fingerprint density at radius 3 is 2.58 bits per heavy atom. The van der Waals surface area contributed by atoms with Crippen LogP contribution in [0.4, 0.5) is 0 Å². The molecule has 1 aromatic carbocycles. The van der Waals surface area contributed by atoms with Crippen LogP contribution in [0, 0.1) is 13.8 Å². The first-order valence-corrected chi connectivity index (χ1v) is 6.63. The largest absolute Gasteiger partial charge is 0.489 e. The zero-order chi connectivity index (χ0) is 14.0. The molecule has 1 fully saturated rings. The number of hydrogen-bond acceptors (Lipinski definition) is 4. The number of halogens is 1. The van der Waals surface area contributed by atoms with Crippen molar-refractivity contribution in [2.45, 2.75) is 32.4 Å². The van der Waals surface area contributed by atoms with Gasteiger partial charge in [-0.05, 0) is 37.1 Å². The molecular weight excluding hydrogens is 266 g/mol. The normalized spacial score (nSPS) is 22.3. The molecule has 1 aliphatic heterocycles. The Balaban J connectivity index is 2.01. The van der Waals surface area contributed by atoms with Gasteiger partial charge in [-0.15, -0.1) is 0 Å². The molecule has 2 atom stereocenters. The number of carbonyl (C=O) groups excluding carboxylic acids is 1. The average Bonchev–Trinajstić information content (AvgIpc) is 2.83. The Kier molecular flexibility index (Phi) is 4.32. The molecule has 4 nitrogen and oxygen atoms in total. The molecule has 1 heterocycles. The lowest BCUT2D eigenvalue weighted by Gasteiger charge is -2.15. The molecule has 2 rings (SSSR count). The van der Waals surface area contributed by atoms with E-state index in [-0.39, 0.29) is 18.1 Å². The lowest BCUT2D eigenvalue weighted by Crippen LogP contribution is -2.31. The van der Waals surface area contributed by atoms with Gasteiger partial charge in [-0.2, -0.15) is 0 Å². The van der Waals surface area contributed by atoms with Crippen LogP contribution in [-0.4, -0.2) is 31.8 Å². The van der Waals surface area contributed by atoms with E-state index in [4.69, 9.17) is 21.1 Å². The van der Waals surface area contributed by atoms with Gasteiger partial charge in [0.2, 0.25) is 0 Å². The first-order chi connectivity index (χ1) is 9.01. The molecule has 1 aliphatic rings. The first kappa shape index (κ1) is 14.2. The smallest absolute Gasteiger partial charge is 0.323 e. The van der Waals surface area contributed by atoms with Gasteiger partial charge in [-0.3, -0.25) is 4.79 Å². The summed E-state index contributed by atoms with van der Waals surface area (Å²) in [5.41, 5.74) is 1.99. The van der Waals surface area contributed by atoms with Crippen LogP contribution in [0.2, 0.25) is 5.02 Å². The summed E-state index contributed by atoms with van der Waals surface area (Å²) < 4.78 is 10.6. The minimum absolute atomic E-state index is 0.0240. The molecule has 0 bridgehead atoms. The van der Waals surface area contributed by atoms with Gasteiger partial charge in [-0.25, -0.2) is 0 Å². The molecular formula is C14H18ClNO3. The van der Waals surface area contributed by atoms with Crippen molar-refractivity contribution in [1.29, 1.82) is 0 Å². The second kappa shape index (κ2) is 5.80. The van der Waals surface area contributed by atoms with E-state index in [1.54, 1.807) is 0 Å². The van der Waals surface area contributed by atoms with Crippen LogP contribution in [0.3, 0.4) is 0 Å². The molecule has 0 aromatic heterocycles. The van der Waals surface area contributed by atoms with E-state index in [9.17, 15) is 4.79 Å². The predicted molar refractivity (Wildman–Crippen MR) is 73.8 cm³/mol. The second-order valence-electron chi connectivity index (χ2n) is 4.83. The second-order valence-corrected chi connectivity index (χ2v) is 5.21. The summed E-state index contributed by atoms with van der Waals surface area (Å²) in [6, 6.07) is 3.56. The van der Waals surface area contributed by atoms with Crippen molar-refractivity contribution >= 4 is 17.6 Å². The minimum Gasteiger partial charge on any atom is -0.489 e. The summed E-state index contributed by atoms with van der Waals surface area (Å²) >= 11 is 6.12. The monoisotopic (exact) mass is 283 g/mol. The molecule has 0 spiro atoms. The predicted octanol–water partition coefficient (Wildman–Crippen LogP) is 2.24. The van der Waals surface area contributed by atoms with Crippen LogP contribution < -0.4 is 10.1 Å². The highest BCUT2D eigenvalue weighted by atomic mass is 35.5. The van der Waals surface area contributed by atoms with Crippen molar-refractivity contribution in [2.24, 2.45) is 0 Å².